The topological polar surface area (TPSA) is 70.7 Å². The number of rotatable bonds is 4. The van der Waals surface area contributed by atoms with Gasteiger partial charge in [0, 0.05) is 29.6 Å². The molecule has 1 aliphatic carbocycles. The molecule has 0 radical (unpaired) electrons. The van der Waals surface area contributed by atoms with Gasteiger partial charge in [0.25, 0.3) is 0 Å². The van der Waals surface area contributed by atoms with E-state index in [-0.39, 0.29) is 12.3 Å². The molecule has 1 fully saturated rings. The Labute approximate surface area is 124 Å². The van der Waals surface area contributed by atoms with Crippen LogP contribution in [0.5, 0.6) is 0 Å². The molecule has 0 saturated heterocycles. The maximum Gasteiger partial charge on any atom is 0.231 e. The van der Waals surface area contributed by atoms with Gasteiger partial charge < -0.3 is 5.32 Å². The molecular formula is C16H20N4O. The maximum absolute atomic E-state index is 12.0. The quantitative estimate of drug-likeness (QED) is 0.906. The number of aromatic amines is 1. The lowest BCUT2D eigenvalue weighted by Crippen LogP contribution is -2.15. The van der Waals surface area contributed by atoms with E-state index in [0.717, 1.165) is 17.0 Å². The summed E-state index contributed by atoms with van der Waals surface area (Å²) in [5, 5.41) is 10.1. The Morgan fingerprint density at radius 2 is 2.19 bits per heavy atom. The number of nitrogens with one attached hydrogen (secondary N) is 2. The molecule has 2 N–H and O–H groups in total. The molecule has 0 bridgehead atoms. The van der Waals surface area contributed by atoms with E-state index in [1.165, 1.54) is 25.7 Å². The first-order valence-corrected chi connectivity index (χ1v) is 7.47. The molecule has 2 aromatic rings. The van der Waals surface area contributed by atoms with Crippen LogP contribution in [0.25, 0.3) is 0 Å². The van der Waals surface area contributed by atoms with E-state index in [1.54, 1.807) is 6.20 Å². The van der Waals surface area contributed by atoms with Crippen molar-refractivity contribution in [2.75, 3.05) is 5.32 Å². The van der Waals surface area contributed by atoms with Crippen LogP contribution in [-0.4, -0.2) is 21.1 Å². The Morgan fingerprint density at radius 3 is 2.90 bits per heavy atom. The van der Waals surface area contributed by atoms with Gasteiger partial charge in [0.1, 0.15) is 0 Å². The fraction of sp³-hybridized carbons (Fsp3) is 0.438. The lowest BCUT2D eigenvalue weighted by Gasteiger charge is -2.03. The first-order chi connectivity index (χ1) is 10.2. The second kappa shape index (κ2) is 6.08. The minimum Gasteiger partial charge on any atom is -0.309 e. The van der Waals surface area contributed by atoms with E-state index < -0.39 is 0 Å². The first kappa shape index (κ1) is 13.8. The number of hydrogen-bond donors (Lipinski definition) is 2. The smallest absolute Gasteiger partial charge is 0.231 e. The average molecular weight is 284 g/mol. The van der Waals surface area contributed by atoms with Gasteiger partial charge in [0.2, 0.25) is 5.91 Å². The highest BCUT2D eigenvalue weighted by Crippen LogP contribution is 2.33. The Kier molecular flexibility index (Phi) is 3.99. The number of aryl methyl sites for hydroxylation is 1. The highest BCUT2D eigenvalue weighted by molar-refractivity contribution is 5.91. The molecule has 0 aromatic carbocycles. The van der Waals surface area contributed by atoms with Crippen LogP contribution >= 0.6 is 0 Å². The molecule has 3 rings (SSSR count). The van der Waals surface area contributed by atoms with Crippen molar-refractivity contribution in [2.24, 2.45) is 0 Å². The van der Waals surface area contributed by atoms with Crippen LogP contribution in [-0.2, 0) is 11.2 Å². The fourth-order valence-corrected chi connectivity index (χ4v) is 2.80. The lowest BCUT2D eigenvalue weighted by molar-refractivity contribution is -0.115. The molecule has 2 heterocycles. The molecular weight excluding hydrogens is 264 g/mol. The number of amides is 1. The van der Waals surface area contributed by atoms with Gasteiger partial charge in [-0.15, -0.1) is 0 Å². The minimum atomic E-state index is -0.0872. The number of pyridine rings is 1. The number of carbonyl (C=O) groups excluding carboxylic acids is 1. The molecule has 2 aromatic heterocycles. The molecule has 21 heavy (non-hydrogen) atoms. The van der Waals surface area contributed by atoms with Crippen LogP contribution in [0, 0.1) is 6.92 Å². The largest absolute Gasteiger partial charge is 0.309 e. The second-order valence-electron chi connectivity index (χ2n) is 5.74. The molecule has 1 saturated carbocycles. The maximum atomic E-state index is 12.0. The summed E-state index contributed by atoms with van der Waals surface area (Å²) in [7, 11) is 0. The van der Waals surface area contributed by atoms with Gasteiger partial charge in [-0.25, -0.2) is 0 Å². The van der Waals surface area contributed by atoms with Crippen molar-refractivity contribution in [1.82, 2.24) is 15.2 Å². The Bertz CT molecular complexity index is 611. The number of hydrogen-bond acceptors (Lipinski definition) is 3. The third kappa shape index (κ3) is 3.48. The Morgan fingerprint density at radius 1 is 1.38 bits per heavy atom. The number of H-pyrrole nitrogens is 1. The molecule has 0 aliphatic heterocycles. The van der Waals surface area contributed by atoms with Crippen molar-refractivity contribution in [3.63, 3.8) is 0 Å². The van der Waals surface area contributed by atoms with Gasteiger partial charge in [-0.2, -0.15) is 5.10 Å². The summed E-state index contributed by atoms with van der Waals surface area (Å²) < 4.78 is 0. The zero-order chi connectivity index (χ0) is 14.7. The fourth-order valence-electron chi connectivity index (χ4n) is 2.80. The summed E-state index contributed by atoms with van der Waals surface area (Å²) in [5.41, 5.74) is 2.99. The summed E-state index contributed by atoms with van der Waals surface area (Å²) in [6.45, 7) is 1.98. The van der Waals surface area contributed by atoms with Gasteiger partial charge in [0.05, 0.1) is 6.42 Å². The molecule has 0 atom stereocenters. The molecule has 5 nitrogen and oxygen atoms in total. The van der Waals surface area contributed by atoms with E-state index >= 15 is 0 Å². The van der Waals surface area contributed by atoms with E-state index in [2.05, 4.69) is 20.5 Å². The normalized spacial score (nSPS) is 15.3. The van der Waals surface area contributed by atoms with Crippen LogP contribution in [0.15, 0.2) is 24.4 Å². The Balaban J connectivity index is 1.58. The highest BCUT2D eigenvalue weighted by Gasteiger charge is 2.19. The van der Waals surface area contributed by atoms with Crippen LogP contribution in [0.2, 0.25) is 0 Å². The van der Waals surface area contributed by atoms with E-state index in [1.807, 2.05) is 25.1 Å². The molecule has 0 spiro atoms. The monoisotopic (exact) mass is 284 g/mol. The van der Waals surface area contributed by atoms with Crippen LogP contribution < -0.4 is 5.32 Å². The number of aromatic nitrogens is 3. The number of anilines is 1. The van der Waals surface area contributed by atoms with Crippen molar-refractivity contribution >= 4 is 11.7 Å². The van der Waals surface area contributed by atoms with E-state index in [4.69, 9.17) is 0 Å². The standard InChI is InChI=1S/C16H20N4O/c1-11-6-7-13(17-10-11)8-16(21)18-15-9-14(19-20-15)12-4-2-3-5-12/h6-7,9-10,12H,2-5,8H2,1H3,(H2,18,19,20,21). The zero-order valence-corrected chi connectivity index (χ0v) is 12.2. The van der Waals surface area contributed by atoms with Gasteiger partial charge in [-0.1, -0.05) is 18.9 Å². The summed E-state index contributed by atoms with van der Waals surface area (Å²) in [6, 6.07) is 5.79. The van der Waals surface area contributed by atoms with Crippen LogP contribution in [0.3, 0.4) is 0 Å². The third-order valence-electron chi connectivity index (χ3n) is 3.97. The van der Waals surface area contributed by atoms with Crippen molar-refractivity contribution in [2.45, 2.75) is 44.9 Å². The number of nitrogens with zero attached hydrogens (tertiary/aromatic N) is 2. The SMILES string of the molecule is Cc1ccc(CC(=O)Nc2cc(C3CCCC3)[nH]n2)nc1. The first-order valence-electron chi connectivity index (χ1n) is 7.47. The van der Waals surface area contributed by atoms with E-state index in [0.29, 0.717) is 11.7 Å². The van der Waals surface area contributed by atoms with Gasteiger partial charge in [-0.3, -0.25) is 14.9 Å². The zero-order valence-electron chi connectivity index (χ0n) is 12.2. The second-order valence-corrected chi connectivity index (χ2v) is 5.74. The molecule has 0 unspecified atom stereocenters. The summed E-state index contributed by atoms with van der Waals surface area (Å²) in [4.78, 5) is 16.2. The predicted molar refractivity (Wildman–Crippen MR) is 81.1 cm³/mol. The van der Waals surface area contributed by atoms with E-state index in [9.17, 15) is 4.79 Å². The third-order valence-corrected chi connectivity index (χ3v) is 3.97. The predicted octanol–water partition coefficient (Wildman–Crippen LogP) is 2.95. The molecule has 1 aliphatic rings. The molecule has 5 heteroatoms. The average Bonchev–Trinajstić information content (AvgIpc) is 3.12. The lowest BCUT2D eigenvalue weighted by atomic mass is 10.0. The summed E-state index contributed by atoms with van der Waals surface area (Å²) in [6.07, 6.45) is 7.03. The van der Waals surface area contributed by atoms with Crippen molar-refractivity contribution in [3.8, 4) is 0 Å². The summed E-state index contributed by atoms with van der Waals surface area (Å²) in [5.74, 6) is 1.09. The minimum absolute atomic E-state index is 0.0872. The van der Waals surface area contributed by atoms with Gasteiger partial charge in [0.15, 0.2) is 5.82 Å². The van der Waals surface area contributed by atoms with Crippen molar-refractivity contribution < 1.29 is 4.79 Å². The number of carbonyl (C=O) groups is 1. The van der Waals surface area contributed by atoms with Crippen molar-refractivity contribution in [3.05, 3.63) is 41.3 Å². The van der Waals surface area contributed by atoms with Gasteiger partial charge in [-0.05, 0) is 31.4 Å². The van der Waals surface area contributed by atoms with Gasteiger partial charge >= 0.3 is 0 Å². The van der Waals surface area contributed by atoms with Crippen molar-refractivity contribution in [1.29, 1.82) is 0 Å². The molecule has 1 amide bonds. The summed E-state index contributed by atoms with van der Waals surface area (Å²) >= 11 is 0. The Hall–Kier alpha value is -2.17. The molecule has 110 valence electrons. The van der Waals surface area contributed by atoms with Crippen LogP contribution in [0.1, 0.15) is 48.6 Å². The van der Waals surface area contributed by atoms with Crippen LogP contribution in [0.4, 0.5) is 5.82 Å². The highest BCUT2D eigenvalue weighted by atomic mass is 16.1.